The number of aromatic nitrogens is 1. The molecule has 0 N–H and O–H groups in total. The molecule has 5 nitrogen and oxygen atoms in total. The van der Waals surface area contributed by atoms with Gasteiger partial charge >= 0.3 is 21.1 Å². The molecular formula is C52H51N3O2Pt. The molecule has 0 radical (unpaired) electrons. The zero-order chi connectivity index (χ0) is 40.3. The number of hydrogen-bond acceptors (Lipinski definition) is 5. The van der Waals surface area contributed by atoms with Crippen LogP contribution in [0, 0.1) is 53.7 Å². The van der Waals surface area contributed by atoms with Crippen molar-refractivity contribution in [2.75, 3.05) is 4.90 Å². The van der Waals surface area contributed by atoms with Crippen molar-refractivity contribution in [3.8, 4) is 22.6 Å². The molecule has 1 aliphatic carbocycles. The van der Waals surface area contributed by atoms with Crippen molar-refractivity contribution >= 4 is 23.1 Å². The summed E-state index contributed by atoms with van der Waals surface area (Å²) < 4.78 is 13.8. The van der Waals surface area contributed by atoms with Crippen LogP contribution in [0.25, 0.3) is 11.1 Å². The fourth-order valence-electron chi connectivity index (χ4n) is 9.07. The molecule has 5 aromatic carbocycles. The number of aryl methyl sites for hydroxylation is 6. The van der Waals surface area contributed by atoms with E-state index in [-0.39, 0.29) is 38.0 Å². The van der Waals surface area contributed by atoms with Gasteiger partial charge in [0, 0.05) is 28.9 Å². The van der Waals surface area contributed by atoms with E-state index < -0.39 is 5.54 Å². The second-order valence-electron chi connectivity index (χ2n) is 18.2. The third-order valence-electron chi connectivity index (χ3n) is 12.8. The Bertz CT molecular complexity index is 2700. The molecule has 0 saturated heterocycles. The smallest absolute Gasteiger partial charge is 0.509 e. The molecule has 1 aromatic heterocycles. The van der Waals surface area contributed by atoms with Crippen molar-refractivity contribution in [1.82, 2.24) is 4.98 Å². The number of ether oxygens (including phenoxy) is 2. The van der Waals surface area contributed by atoms with Gasteiger partial charge in [-0.2, -0.15) is 6.07 Å². The Morgan fingerprint density at radius 1 is 0.707 bits per heavy atom. The van der Waals surface area contributed by atoms with E-state index in [2.05, 4.69) is 173 Å². The molecule has 3 aliphatic rings. The van der Waals surface area contributed by atoms with Gasteiger partial charge < -0.3 is 14.4 Å². The van der Waals surface area contributed by atoms with E-state index in [1.54, 1.807) is 0 Å². The summed E-state index contributed by atoms with van der Waals surface area (Å²) in [4.78, 5) is 12.6. The van der Waals surface area contributed by atoms with E-state index in [1.807, 2.05) is 12.3 Å². The summed E-state index contributed by atoms with van der Waals surface area (Å²) in [7, 11) is 0. The number of aliphatic imine (C=N–C) groups is 1. The molecule has 58 heavy (non-hydrogen) atoms. The third-order valence-corrected chi connectivity index (χ3v) is 12.8. The number of rotatable bonds is 4. The van der Waals surface area contributed by atoms with Crippen molar-refractivity contribution < 1.29 is 30.5 Å². The zero-order valence-electron chi connectivity index (χ0n) is 35.6. The Morgan fingerprint density at radius 2 is 1.40 bits per heavy atom. The summed E-state index contributed by atoms with van der Waals surface area (Å²) in [6.45, 7) is 26.4. The second kappa shape index (κ2) is 13.8. The van der Waals surface area contributed by atoms with E-state index >= 15 is 0 Å². The van der Waals surface area contributed by atoms with Gasteiger partial charge in [0.2, 0.25) is 0 Å². The van der Waals surface area contributed by atoms with Crippen LogP contribution in [0.5, 0.6) is 11.5 Å². The average molecular weight is 945 g/mol. The molecular weight excluding hydrogens is 894 g/mol. The molecule has 0 fully saturated rings. The molecule has 0 amide bonds. The minimum Gasteiger partial charge on any atom is -0.509 e. The topological polar surface area (TPSA) is 47.0 Å². The van der Waals surface area contributed by atoms with Crippen LogP contribution < -0.4 is 9.64 Å². The first kappa shape index (κ1) is 39.8. The Morgan fingerprint density at radius 3 is 2.14 bits per heavy atom. The van der Waals surface area contributed by atoms with Gasteiger partial charge in [-0.3, -0.25) is 4.99 Å². The minimum absolute atomic E-state index is 0. The molecule has 296 valence electrons. The Labute approximate surface area is 358 Å². The maximum atomic E-state index is 7.00. The number of anilines is 3. The first-order valence-corrected chi connectivity index (χ1v) is 20.1. The third kappa shape index (κ3) is 6.15. The van der Waals surface area contributed by atoms with E-state index in [1.165, 1.54) is 55.6 Å². The van der Waals surface area contributed by atoms with Crippen LogP contribution in [0.3, 0.4) is 0 Å². The van der Waals surface area contributed by atoms with Gasteiger partial charge in [-0.25, -0.2) is 4.98 Å². The van der Waals surface area contributed by atoms with Crippen molar-refractivity contribution in [2.24, 2.45) is 4.99 Å². The van der Waals surface area contributed by atoms with Crippen molar-refractivity contribution in [2.45, 2.75) is 106 Å². The molecule has 3 heterocycles. The van der Waals surface area contributed by atoms with Gasteiger partial charge in [-0.15, -0.1) is 29.3 Å². The SMILES string of the molecule is Cc1cc(C)c(C2=N[C@]3(C)c4cc(C)c(C)cc4-c4cc(C)c(C)cc4[C@@H]3O2)[c-]c1Oc1[c-]c2c(cc1)C(C)(C)c1ccccc1N2c1cc(C(C)(C)C)ccn1.[Pt+2]. The Hall–Kier alpha value is -4.99. The van der Waals surface area contributed by atoms with E-state index in [9.17, 15) is 0 Å². The Kier molecular flexibility index (Phi) is 9.48. The van der Waals surface area contributed by atoms with Crippen LogP contribution in [0.2, 0.25) is 0 Å². The molecule has 6 heteroatoms. The van der Waals surface area contributed by atoms with Crippen molar-refractivity contribution in [1.29, 1.82) is 0 Å². The summed E-state index contributed by atoms with van der Waals surface area (Å²) in [5, 5.41) is 0. The minimum atomic E-state index is -0.610. The fourth-order valence-corrected chi connectivity index (χ4v) is 9.07. The molecule has 2 aliphatic heterocycles. The number of nitrogens with zero attached hydrogens (tertiary/aromatic N) is 3. The molecule has 0 spiro atoms. The van der Waals surface area contributed by atoms with Gasteiger partial charge in [0.25, 0.3) is 0 Å². The number of fused-ring (bicyclic) bond motifs is 8. The van der Waals surface area contributed by atoms with E-state index in [4.69, 9.17) is 19.5 Å². The molecule has 0 bridgehead atoms. The van der Waals surface area contributed by atoms with Gasteiger partial charge in [0.15, 0.2) is 0 Å². The number of benzene rings is 5. The van der Waals surface area contributed by atoms with Crippen LogP contribution in [0.1, 0.15) is 114 Å². The largest absolute Gasteiger partial charge is 2.00 e. The standard InChI is InChI=1S/C52H51N3O2.Pt/c1-29-22-38-39-23-30(2)32(4)25-43(39)52(12)48(40(38)24-31(29)3)57-49(54-52)37-28-46(34(6)21-33(37)5)56-36-17-18-42-45(27-36)55(44-16-14-13-15-41(44)51(42,10)11)47-26-35(19-20-53-47)50(7,8)9;/h13-26,48H,1-12H3;/q-2;+2/t48-,52+;/m0./s1. The van der Waals surface area contributed by atoms with Gasteiger partial charge in [-0.05, 0) is 114 Å². The predicted molar refractivity (Wildman–Crippen MR) is 232 cm³/mol. The zero-order valence-corrected chi connectivity index (χ0v) is 37.9. The van der Waals surface area contributed by atoms with Crippen molar-refractivity contribution in [3.63, 3.8) is 0 Å². The number of pyridine rings is 1. The molecule has 0 saturated carbocycles. The quantitative estimate of drug-likeness (QED) is 0.165. The monoisotopic (exact) mass is 944 g/mol. The predicted octanol–water partition coefficient (Wildman–Crippen LogP) is 13.1. The molecule has 9 rings (SSSR count). The molecule has 2 atom stereocenters. The maximum absolute atomic E-state index is 7.00. The molecule has 0 unspecified atom stereocenters. The van der Waals surface area contributed by atoms with E-state index in [0.29, 0.717) is 17.4 Å². The van der Waals surface area contributed by atoms with Crippen LogP contribution in [-0.4, -0.2) is 10.9 Å². The summed E-state index contributed by atoms with van der Waals surface area (Å²) >= 11 is 0. The first-order valence-electron chi connectivity index (χ1n) is 20.1. The normalized spacial score (nSPS) is 18.4. The van der Waals surface area contributed by atoms with Gasteiger partial charge in [0.1, 0.15) is 23.4 Å². The van der Waals surface area contributed by atoms with Gasteiger partial charge in [-0.1, -0.05) is 114 Å². The maximum Gasteiger partial charge on any atom is 2.00 e. The van der Waals surface area contributed by atoms with E-state index in [0.717, 1.165) is 39.4 Å². The van der Waals surface area contributed by atoms with Crippen molar-refractivity contribution in [3.05, 3.63) is 164 Å². The van der Waals surface area contributed by atoms with Crippen LogP contribution in [0.4, 0.5) is 17.2 Å². The van der Waals surface area contributed by atoms with Gasteiger partial charge in [0.05, 0.1) is 0 Å². The van der Waals surface area contributed by atoms with Crippen LogP contribution >= 0.6 is 0 Å². The molecule has 6 aromatic rings. The van der Waals surface area contributed by atoms with Crippen LogP contribution in [0.15, 0.2) is 90.1 Å². The number of hydrogen-bond donors (Lipinski definition) is 0. The first-order chi connectivity index (χ1) is 27.0. The summed E-state index contributed by atoms with van der Waals surface area (Å²) in [5.74, 6) is 2.66. The summed E-state index contributed by atoms with van der Waals surface area (Å²) in [6.07, 6.45) is 1.64. The fraction of sp³-hybridized carbons (Fsp3) is 0.308. The summed E-state index contributed by atoms with van der Waals surface area (Å²) in [5.41, 5.74) is 17.4. The summed E-state index contributed by atoms with van der Waals surface area (Å²) in [6, 6.07) is 35.9. The van der Waals surface area contributed by atoms with Crippen LogP contribution in [-0.2, 0) is 42.2 Å². The average Bonchev–Trinajstić information content (AvgIpc) is 3.52. The number of para-hydroxylation sites is 1. The Balaban J connectivity index is 0.00000469. The second-order valence-corrected chi connectivity index (χ2v) is 18.2.